The molecule has 0 unspecified atom stereocenters. The van der Waals surface area contributed by atoms with Crippen LogP contribution in [-0.2, 0) is 5.60 Å². The number of carbonyl (C=O) groups excluding carboxylic acids is 1. The van der Waals surface area contributed by atoms with Crippen molar-refractivity contribution < 1.29 is 13.9 Å². The highest BCUT2D eigenvalue weighted by atomic mass is 16.5. The first-order chi connectivity index (χ1) is 8.19. The monoisotopic (exact) mass is 228 g/mol. The zero-order chi connectivity index (χ0) is 11.9. The number of Topliss-reactive ketones (excluding diaryl/α,β-unsaturated/α-hetero) is 1. The van der Waals surface area contributed by atoms with Gasteiger partial charge in [0.25, 0.3) is 0 Å². The lowest BCUT2D eigenvalue weighted by atomic mass is 9.89. The Labute approximate surface area is 99.0 Å². The molecule has 0 N–H and O–H groups in total. The number of fused-ring (bicyclic) bond motifs is 1. The van der Waals surface area contributed by atoms with E-state index >= 15 is 0 Å². The molecule has 86 valence electrons. The van der Waals surface area contributed by atoms with Crippen LogP contribution in [0, 0.1) is 0 Å². The second-order valence-corrected chi connectivity index (χ2v) is 4.41. The van der Waals surface area contributed by atoms with Gasteiger partial charge in [0.1, 0.15) is 11.5 Å². The summed E-state index contributed by atoms with van der Waals surface area (Å²) in [6, 6.07) is 10.9. The molecule has 0 saturated heterocycles. The minimum Gasteiger partial charge on any atom is -0.478 e. The fourth-order valence-corrected chi connectivity index (χ4v) is 2.18. The molecule has 1 aromatic heterocycles. The number of carbonyl (C=O) groups is 1. The van der Waals surface area contributed by atoms with E-state index in [4.69, 9.17) is 9.15 Å². The Balaban J connectivity index is 2.07. The molecule has 0 bridgehead atoms. The summed E-state index contributed by atoms with van der Waals surface area (Å²) in [6.07, 6.45) is 1.90. The van der Waals surface area contributed by atoms with Crippen LogP contribution in [0.15, 0.2) is 47.1 Å². The molecule has 1 atom stereocenters. The van der Waals surface area contributed by atoms with Crippen LogP contribution in [0.1, 0.15) is 29.5 Å². The van der Waals surface area contributed by atoms with Gasteiger partial charge in [-0.2, -0.15) is 0 Å². The standard InChI is InChI=1S/C14H12O3/c1-14(13-7-4-8-16-13)9-11(15)10-5-2-3-6-12(10)17-14/h2-8H,9H2,1H3/t14-/m0/s1. The third-order valence-corrected chi connectivity index (χ3v) is 3.06. The van der Waals surface area contributed by atoms with Crippen LogP contribution in [0.25, 0.3) is 0 Å². The van der Waals surface area contributed by atoms with Crippen LogP contribution in [0.2, 0.25) is 0 Å². The molecule has 0 radical (unpaired) electrons. The number of hydrogen-bond acceptors (Lipinski definition) is 3. The summed E-state index contributed by atoms with van der Waals surface area (Å²) in [6.45, 7) is 1.87. The number of rotatable bonds is 1. The number of benzene rings is 1. The van der Waals surface area contributed by atoms with Gasteiger partial charge in [-0.1, -0.05) is 12.1 Å². The quantitative estimate of drug-likeness (QED) is 0.752. The molecule has 1 aliphatic rings. The molecular weight excluding hydrogens is 216 g/mol. The van der Waals surface area contributed by atoms with Crippen LogP contribution in [0.5, 0.6) is 5.75 Å². The molecule has 1 aromatic carbocycles. The van der Waals surface area contributed by atoms with E-state index in [0.717, 1.165) is 0 Å². The largest absolute Gasteiger partial charge is 0.478 e. The van der Waals surface area contributed by atoms with Crippen molar-refractivity contribution in [2.75, 3.05) is 0 Å². The minimum absolute atomic E-state index is 0.0887. The van der Waals surface area contributed by atoms with Crippen molar-refractivity contribution in [3.05, 3.63) is 54.0 Å². The number of hydrogen-bond donors (Lipinski definition) is 0. The summed E-state index contributed by atoms with van der Waals surface area (Å²) >= 11 is 0. The van der Waals surface area contributed by atoms with Gasteiger partial charge in [0, 0.05) is 0 Å². The number of furan rings is 1. The summed E-state index contributed by atoms with van der Waals surface area (Å²) in [5.74, 6) is 1.40. The molecule has 0 amide bonds. The van der Waals surface area contributed by atoms with Crippen LogP contribution in [-0.4, -0.2) is 5.78 Å². The fourth-order valence-electron chi connectivity index (χ4n) is 2.18. The Bertz CT molecular complexity index is 557. The number of para-hydroxylation sites is 1. The molecule has 0 spiro atoms. The van der Waals surface area contributed by atoms with Crippen molar-refractivity contribution in [1.82, 2.24) is 0 Å². The maximum Gasteiger partial charge on any atom is 0.171 e. The van der Waals surface area contributed by atoms with Crippen molar-refractivity contribution in [3.8, 4) is 5.75 Å². The summed E-state index contributed by atoms with van der Waals surface area (Å²) in [5, 5.41) is 0. The Morgan fingerprint density at radius 2 is 2.00 bits per heavy atom. The first-order valence-corrected chi connectivity index (χ1v) is 5.54. The van der Waals surface area contributed by atoms with Gasteiger partial charge < -0.3 is 9.15 Å². The maximum absolute atomic E-state index is 12.1. The van der Waals surface area contributed by atoms with Gasteiger partial charge in [-0.3, -0.25) is 4.79 Å². The summed E-state index contributed by atoms with van der Waals surface area (Å²) in [4.78, 5) is 12.1. The van der Waals surface area contributed by atoms with Crippen LogP contribution < -0.4 is 4.74 Å². The highest BCUT2D eigenvalue weighted by Gasteiger charge is 2.39. The second-order valence-electron chi connectivity index (χ2n) is 4.41. The molecule has 0 fully saturated rings. The minimum atomic E-state index is -0.699. The molecule has 3 nitrogen and oxygen atoms in total. The molecule has 3 heteroatoms. The average Bonchev–Trinajstić information content (AvgIpc) is 2.83. The van der Waals surface area contributed by atoms with Crippen LogP contribution in [0.3, 0.4) is 0 Å². The van der Waals surface area contributed by atoms with Gasteiger partial charge in [-0.15, -0.1) is 0 Å². The van der Waals surface area contributed by atoms with E-state index in [2.05, 4.69) is 0 Å². The molecule has 0 aliphatic carbocycles. The van der Waals surface area contributed by atoms with Gasteiger partial charge in [0.15, 0.2) is 11.4 Å². The Hall–Kier alpha value is -2.03. The molecule has 0 saturated carbocycles. The highest BCUT2D eigenvalue weighted by Crippen LogP contribution is 2.39. The van der Waals surface area contributed by atoms with Crippen molar-refractivity contribution in [3.63, 3.8) is 0 Å². The lowest BCUT2D eigenvalue weighted by Gasteiger charge is -2.33. The first kappa shape index (κ1) is 10.1. The summed E-state index contributed by atoms with van der Waals surface area (Å²) in [7, 11) is 0. The van der Waals surface area contributed by atoms with Crippen LogP contribution in [0.4, 0.5) is 0 Å². The predicted octanol–water partition coefficient (Wildman–Crippen LogP) is 3.16. The Morgan fingerprint density at radius 3 is 2.76 bits per heavy atom. The van der Waals surface area contributed by atoms with E-state index in [9.17, 15) is 4.79 Å². The second kappa shape index (κ2) is 3.48. The highest BCUT2D eigenvalue weighted by molar-refractivity contribution is 6.00. The smallest absolute Gasteiger partial charge is 0.171 e. The third-order valence-electron chi connectivity index (χ3n) is 3.06. The van der Waals surface area contributed by atoms with Gasteiger partial charge in [-0.25, -0.2) is 0 Å². The zero-order valence-electron chi connectivity index (χ0n) is 9.47. The third kappa shape index (κ3) is 1.55. The number of ether oxygens (including phenoxy) is 1. The van der Waals surface area contributed by atoms with E-state index < -0.39 is 5.60 Å². The van der Waals surface area contributed by atoms with Crippen molar-refractivity contribution in [2.45, 2.75) is 18.9 Å². The summed E-state index contributed by atoms with van der Waals surface area (Å²) < 4.78 is 11.3. The average molecular weight is 228 g/mol. The van der Waals surface area contributed by atoms with Crippen molar-refractivity contribution >= 4 is 5.78 Å². The van der Waals surface area contributed by atoms with E-state index in [1.54, 1.807) is 18.4 Å². The van der Waals surface area contributed by atoms with Crippen molar-refractivity contribution in [2.24, 2.45) is 0 Å². The van der Waals surface area contributed by atoms with E-state index in [-0.39, 0.29) is 5.78 Å². The molecule has 3 rings (SSSR count). The van der Waals surface area contributed by atoms with Crippen LogP contribution >= 0.6 is 0 Å². The fraction of sp³-hybridized carbons (Fsp3) is 0.214. The molecule has 2 aromatic rings. The van der Waals surface area contributed by atoms with Gasteiger partial charge in [0.2, 0.25) is 0 Å². The molecule has 17 heavy (non-hydrogen) atoms. The maximum atomic E-state index is 12.1. The normalized spacial score (nSPS) is 23.0. The SMILES string of the molecule is C[C@@]1(c2ccco2)CC(=O)c2ccccc2O1. The first-order valence-electron chi connectivity index (χ1n) is 5.54. The topological polar surface area (TPSA) is 39.4 Å². The van der Waals surface area contributed by atoms with Gasteiger partial charge in [-0.05, 0) is 31.2 Å². The van der Waals surface area contributed by atoms with E-state index in [1.165, 1.54) is 0 Å². The Morgan fingerprint density at radius 1 is 1.18 bits per heavy atom. The summed E-state index contributed by atoms with van der Waals surface area (Å²) in [5.41, 5.74) is -0.0499. The zero-order valence-corrected chi connectivity index (χ0v) is 9.47. The molecular formula is C14H12O3. The number of ketones is 1. The van der Waals surface area contributed by atoms with Crippen molar-refractivity contribution in [1.29, 1.82) is 0 Å². The Kier molecular flexibility index (Phi) is 2.08. The van der Waals surface area contributed by atoms with E-state index in [1.807, 2.05) is 31.2 Å². The van der Waals surface area contributed by atoms with E-state index in [0.29, 0.717) is 23.5 Å². The van der Waals surface area contributed by atoms with Gasteiger partial charge >= 0.3 is 0 Å². The predicted molar refractivity (Wildman–Crippen MR) is 62.1 cm³/mol. The lowest BCUT2D eigenvalue weighted by molar-refractivity contribution is 0.0361. The molecule has 2 heterocycles. The lowest BCUT2D eigenvalue weighted by Crippen LogP contribution is -2.36. The molecule has 1 aliphatic heterocycles. The van der Waals surface area contributed by atoms with Gasteiger partial charge in [0.05, 0.1) is 18.2 Å².